The van der Waals surface area contributed by atoms with Crippen molar-refractivity contribution in [2.75, 3.05) is 6.54 Å². The molecule has 0 radical (unpaired) electrons. The first kappa shape index (κ1) is 15.2. The Morgan fingerprint density at radius 2 is 2.10 bits per heavy atom. The van der Waals surface area contributed by atoms with E-state index in [-0.39, 0.29) is 6.54 Å². The predicted molar refractivity (Wildman–Crippen MR) is 75.4 cm³/mol. The number of hydrogen-bond donors (Lipinski definition) is 1. The number of alkyl halides is 2. The van der Waals surface area contributed by atoms with Crippen molar-refractivity contribution in [2.45, 2.75) is 19.5 Å². The summed E-state index contributed by atoms with van der Waals surface area (Å²) in [5.74, 6) is 0.308. The van der Waals surface area contributed by atoms with Crippen molar-refractivity contribution in [2.24, 2.45) is 0 Å². The molecule has 3 nitrogen and oxygen atoms in total. The Hall–Kier alpha value is -1.17. The number of hydrogen-bond acceptors (Lipinski definition) is 2. The van der Waals surface area contributed by atoms with Crippen LogP contribution in [0.4, 0.5) is 8.78 Å². The first-order chi connectivity index (χ1) is 9.58. The van der Waals surface area contributed by atoms with Crippen molar-refractivity contribution < 1.29 is 8.78 Å². The van der Waals surface area contributed by atoms with E-state index in [1.165, 1.54) is 12.4 Å². The first-order valence-corrected chi connectivity index (χ1v) is 6.78. The van der Waals surface area contributed by atoms with Crippen LogP contribution in [0.1, 0.15) is 17.9 Å². The molecule has 0 atom stereocenters. The third-order valence-electron chi connectivity index (χ3n) is 2.83. The van der Waals surface area contributed by atoms with E-state index in [0.717, 1.165) is 10.1 Å². The zero-order valence-corrected chi connectivity index (χ0v) is 12.0. The number of benzene rings is 1. The van der Waals surface area contributed by atoms with Gasteiger partial charge in [0, 0.05) is 22.4 Å². The smallest absolute Gasteiger partial charge is 0.310 e. The van der Waals surface area contributed by atoms with Crippen LogP contribution in [0.3, 0.4) is 0 Å². The van der Waals surface area contributed by atoms with Crippen molar-refractivity contribution in [3.63, 3.8) is 0 Å². The van der Waals surface area contributed by atoms with Crippen LogP contribution in [-0.4, -0.2) is 16.1 Å². The minimum atomic E-state index is -2.57. The van der Waals surface area contributed by atoms with Crippen molar-refractivity contribution in [1.82, 2.24) is 14.9 Å². The molecule has 1 aromatic carbocycles. The molecule has 0 bridgehead atoms. The highest BCUT2D eigenvalue weighted by molar-refractivity contribution is 6.35. The van der Waals surface area contributed by atoms with Gasteiger partial charge in [-0.15, -0.1) is 0 Å². The summed E-state index contributed by atoms with van der Waals surface area (Å²) in [5, 5.41) is 4.26. The predicted octanol–water partition coefficient (Wildman–Crippen LogP) is 3.92. The van der Waals surface area contributed by atoms with Crippen LogP contribution in [0.15, 0.2) is 30.6 Å². The van der Waals surface area contributed by atoms with Gasteiger partial charge in [-0.1, -0.05) is 29.3 Å². The number of imidazole rings is 1. The van der Waals surface area contributed by atoms with Crippen LogP contribution in [-0.2, 0) is 13.0 Å². The summed E-state index contributed by atoms with van der Waals surface area (Å²) in [7, 11) is 0. The number of nitrogens with one attached hydrogen (secondary N) is 1. The Kier molecular flexibility index (Phi) is 5.34. The lowest BCUT2D eigenvalue weighted by atomic mass is 10.1. The fourth-order valence-electron chi connectivity index (χ4n) is 1.81. The van der Waals surface area contributed by atoms with Gasteiger partial charge in [0.05, 0.1) is 6.54 Å². The van der Waals surface area contributed by atoms with E-state index in [1.54, 1.807) is 12.1 Å². The van der Waals surface area contributed by atoms with E-state index < -0.39 is 6.55 Å². The maximum atomic E-state index is 12.6. The Bertz CT molecular complexity index is 572. The molecule has 0 spiro atoms. The molecule has 0 unspecified atom stereocenters. The molecule has 20 heavy (non-hydrogen) atoms. The van der Waals surface area contributed by atoms with Gasteiger partial charge in [0.1, 0.15) is 5.82 Å². The normalized spacial score (nSPS) is 11.2. The molecule has 0 amide bonds. The molecule has 2 aromatic rings. The SMILES string of the molecule is FC(F)n1ccnc1CNCCc1ccc(Cl)cc1Cl. The minimum absolute atomic E-state index is 0.280. The number of nitrogens with zero attached hydrogens (tertiary/aromatic N) is 2. The number of aromatic nitrogens is 2. The van der Waals surface area contributed by atoms with Gasteiger partial charge in [-0.05, 0) is 30.7 Å². The van der Waals surface area contributed by atoms with Crippen molar-refractivity contribution in [3.8, 4) is 0 Å². The third kappa shape index (κ3) is 3.91. The first-order valence-electron chi connectivity index (χ1n) is 6.02. The maximum Gasteiger partial charge on any atom is 0.319 e. The Labute approximate surface area is 125 Å². The van der Waals surface area contributed by atoms with E-state index in [0.29, 0.717) is 28.8 Å². The van der Waals surface area contributed by atoms with Gasteiger partial charge in [0.15, 0.2) is 0 Å². The minimum Gasteiger partial charge on any atom is -0.310 e. The summed E-state index contributed by atoms with van der Waals surface area (Å²) in [6.45, 7) is -1.68. The van der Waals surface area contributed by atoms with Crippen molar-refractivity contribution in [3.05, 3.63) is 52.0 Å². The second-order valence-corrected chi connectivity index (χ2v) is 5.03. The standard InChI is InChI=1S/C13H13Cl2F2N3/c14-10-2-1-9(11(15)7-10)3-4-18-8-12-19-5-6-20(12)13(16)17/h1-2,5-7,13,18H,3-4,8H2. The average Bonchev–Trinajstić information content (AvgIpc) is 2.85. The molecule has 0 fully saturated rings. The molecule has 1 N–H and O–H groups in total. The quantitative estimate of drug-likeness (QED) is 0.818. The monoisotopic (exact) mass is 319 g/mol. The highest BCUT2D eigenvalue weighted by Gasteiger charge is 2.10. The molecule has 0 aliphatic rings. The Morgan fingerprint density at radius 3 is 2.80 bits per heavy atom. The van der Waals surface area contributed by atoms with Crippen LogP contribution in [0.5, 0.6) is 0 Å². The maximum absolute atomic E-state index is 12.6. The van der Waals surface area contributed by atoms with Crippen LogP contribution in [0, 0.1) is 0 Å². The van der Waals surface area contributed by atoms with E-state index >= 15 is 0 Å². The van der Waals surface area contributed by atoms with E-state index in [9.17, 15) is 8.78 Å². The van der Waals surface area contributed by atoms with Gasteiger partial charge < -0.3 is 5.32 Å². The molecule has 0 saturated carbocycles. The second kappa shape index (κ2) is 7.02. The van der Waals surface area contributed by atoms with Gasteiger partial charge in [-0.25, -0.2) is 4.98 Å². The largest absolute Gasteiger partial charge is 0.319 e. The van der Waals surface area contributed by atoms with E-state index in [2.05, 4.69) is 10.3 Å². The van der Waals surface area contributed by atoms with Gasteiger partial charge >= 0.3 is 6.55 Å². The molecule has 7 heteroatoms. The lowest BCUT2D eigenvalue weighted by molar-refractivity contribution is 0.0666. The lowest BCUT2D eigenvalue weighted by Gasteiger charge is -2.08. The molecule has 0 aliphatic heterocycles. The zero-order valence-electron chi connectivity index (χ0n) is 10.5. The summed E-state index contributed by atoms with van der Waals surface area (Å²) in [5.41, 5.74) is 0.959. The van der Waals surface area contributed by atoms with Gasteiger partial charge in [0.2, 0.25) is 0 Å². The van der Waals surface area contributed by atoms with Crippen molar-refractivity contribution >= 4 is 23.2 Å². The van der Waals surface area contributed by atoms with Gasteiger partial charge in [-0.2, -0.15) is 8.78 Å². The van der Waals surface area contributed by atoms with Crippen LogP contribution in [0.2, 0.25) is 10.0 Å². The number of rotatable bonds is 6. The summed E-state index contributed by atoms with van der Waals surface area (Å²) in [6, 6.07) is 5.31. The highest BCUT2D eigenvalue weighted by atomic mass is 35.5. The Balaban J connectivity index is 1.83. The summed E-state index contributed by atoms with van der Waals surface area (Å²) >= 11 is 11.9. The van der Waals surface area contributed by atoms with E-state index in [1.807, 2.05) is 6.07 Å². The second-order valence-electron chi connectivity index (χ2n) is 4.19. The van der Waals surface area contributed by atoms with Gasteiger partial charge in [-0.3, -0.25) is 4.57 Å². The van der Waals surface area contributed by atoms with E-state index in [4.69, 9.17) is 23.2 Å². The fourth-order valence-corrected chi connectivity index (χ4v) is 2.31. The van der Waals surface area contributed by atoms with Crippen LogP contribution in [0.25, 0.3) is 0 Å². The zero-order chi connectivity index (χ0) is 14.5. The molecule has 0 saturated heterocycles. The average molecular weight is 320 g/mol. The van der Waals surface area contributed by atoms with Crippen LogP contribution < -0.4 is 5.32 Å². The molecule has 2 rings (SSSR count). The van der Waals surface area contributed by atoms with Crippen LogP contribution >= 0.6 is 23.2 Å². The highest BCUT2D eigenvalue weighted by Crippen LogP contribution is 2.21. The fraction of sp³-hybridized carbons (Fsp3) is 0.308. The third-order valence-corrected chi connectivity index (χ3v) is 3.42. The molecule has 108 valence electrons. The molecular weight excluding hydrogens is 307 g/mol. The molecular formula is C13H13Cl2F2N3. The van der Waals surface area contributed by atoms with Gasteiger partial charge in [0.25, 0.3) is 0 Å². The Morgan fingerprint density at radius 1 is 1.30 bits per heavy atom. The van der Waals surface area contributed by atoms with Crippen molar-refractivity contribution in [1.29, 1.82) is 0 Å². The summed E-state index contributed by atoms with van der Waals surface area (Å²) in [4.78, 5) is 3.89. The summed E-state index contributed by atoms with van der Waals surface area (Å²) < 4.78 is 26.0. The topological polar surface area (TPSA) is 29.9 Å². The summed E-state index contributed by atoms with van der Waals surface area (Å²) in [6.07, 6.45) is 3.31. The molecule has 1 heterocycles. The molecule has 1 aromatic heterocycles. The number of halogens is 4. The molecule has 0 aliphatic carbocycles. The lowest BCUT2D eigenvalue weighted by Crippen LogP contribution is -2.20.